The van der Waals surface area contributed by atoms with Crippen molar-refractivity contribution < 1.29 is 19.5 Å². The summed E-state index contributed by atoms with van der Waals surface area (Å²) in [5, 5.41) is 11.6. The molecule has 6 heteroatoms. The summed E-state index contributed by atoms with van der Waals surface area (Å²) in [7, 11) is 0. The van der Waals surface area contributed by atoms with E-state index in [1.54, 1.807) is 0 Å². The Morgan fingerprint density at radius 3 is 2.60 bits per heavy atom. The molecular formula is C14H22N2O4. The van der Waals surface area contributed by atoms with E-state index in [4.69, 9.17) is 5.11 Å². The molecule has 112 valence electrons. The van der Waals surface area contributed by atoms with E-state index in [1.165, 1.54) is 4.90 Å². The van der Waals surface area contributed by atoms with Gasteiger partial charge in [0.05, 0.1) is 6.42 Å². The van der Waals surface area contributed by atoms with Crippen molar-refractivity contribution in [2.45, 2.75) is 51.5 Å². The summed E-state index contributed by atoms with van der Waals surface area (Å²) in [5.74, 6) is -1.43. The summed E-state index contributed by atoms with van der Waals surface area (Å²) in [4.78, 5) is 37.2. The quantitative estimate of drug-likeness (QED) is 0.797. The largest absolute Gasteiger partial charge is 0.481 e. The molecule has 20 heavy (non-hydrogen) atoms. The van der Waals surface area contributed by atoms with Gasteiger partial charge in [0, 0.05) is 18.5 Å². The Kier molecular flexibility index (Phi) is 4.30. The molecule has 1 aliphatic carbocycles. The topological polar surface area (TPSA) is 86.7 Å². The van der Waals surface area contributed by atoms with Crippen LogP contribution in [0.15, 0.2) is 0 Å². The Morgan fingerprint density at radius 2 is 2.05 bits per heavy atom. The van der Waals surface area contributed by atoms with Gasteiger partial charge in [-0.2, -0.15) is 0 Å². The molecule has 2 rings (SSSR count). The highest BCUT2D eigenvalue weighted by Gasteiger charge is 2.46. The number of amides is 2. The minimum atomic E-state index is -1.05. The summed E-state index contributed by atoms with van der Waals surface area (Å²) in [6, 6.07) is -0.863. The lowest BCUT2D eigenvalue weighted by Gasteiger charge is -2.40. The van der Waals surface area contributed by atoms with Gasteiger partial charge in [-0.25, -0.2) is 0 Å². The van der Waals surface area contributed by atoms with Gasteiger partial charge in [-0.15, -0.1) is 0 Å². The van der Waals surface area contributed by atoms with E-state index < -0.39 is 12.0 Å². The van der Waals surface area contributed by atoms with E-state index in [-0.39, 0.29) is 23.7 Å². The van der Waals surface area contributed by atoms with E-state index in [0.29, 0.717) is 13.1 Å². The zero-order valence-corrected chi connectivity index (χ0v) is 11.9. The molecule has 2 aliphatic rings. The monoisotopic (exact) mass is 282 g/mol. The summed E-state index contributed by atoms with van der Waals surface area (Å²) >= 11 is 0. The summed E-state index contributed by atoms with van der Waals surface area (Å²) < 4.78 is 0. The first kappa shape index (κ1) is 14.8. The van der Waals surface area contributed by atoms with Crippen LogP contribution in [-0.2, 0) is 14.4 Å². The summed E-state index contributed by atoms with van der Waals surface area (Å²) in [5.41, 5.74) is -0.381. The first-order chi connectivity index (χ1) is 9.50. The van der Waals surface area contributed by atoms with Gasteiger partial charge in [0.15, 0.2) is 0 Å². The molecular weight excluding hydrogens is 260 g/mol. The van der Waals surface area contributed by atoms with Crippen molar-refractivity contribution >= 4 is 17.8 Å². The van der Waals surface area contributed by atoms with E-state index in [0.717, 1.165) is 32.1 Å². The molecule has 1 saturated heterocycles. The molecule has 0 aromatic heterocycles. The van der Waals surface area contributed by atoms with Crippen LogP contribution in [0.4, 0.5) is 0 Å². The van der Waals surface area contributed by atoms with Gasteiger partial charge in [-0.05, 0) is 19.3 Å². The SMILES string of the molecule is CCC1(C(=O)N2CCNC(=O)C2CC(=O)O)CCCC1. The van der Waals surface area contributed by atoms with Gasteiger partial charge >= 0.3 is 5.97 Å². The fourth-order valence-corrected chi connectivity index (χ4v) is 3.40. The lowest BCUT2D eigenvalue weighted by atomic mass is 9.81. The third-order valence-electron chi connectivity index (χ3n) is 4.65. The van der Waals surface area contributed by atoms with Gasteiger partial charge < -0.3 is 15.3 Å². The highest BCUT2D eigenvalue weighted by atomic mass is 16.4. The average molecular weight is 282 g/mol. The highest BCUT2D eigenvalue weighted by molar-refractivity contribution is 5.93. The second kappa shape index (κ2) is 5.81. The Labute approximate surface area is 118 Å². The van der Waals surface area contributed by atoms with Crippen LogP contribution >= 0.6 is 0 Å². The van der Waals surface area contributed by atoms with Crippen molar-refractivity contribution in [2.24, 2.45) is 5.41 Å². The van der Waals surface area contributed by atoms with Crippen molar-refractivity contribution in [3.05, 3.63) is 0 Å². The fourth-order valence-electron chi connectivity index (χ4n) is 3.40. The van der Waals surface area contributed by atoms with Crippen LogP contribution in [0.3, 0.4) is 0 Å². The second-order valence-electron chi connectivity index (χ2n) is 5.74. The number of hydrogen-bond acceptors (Lipinski definition) is 3. The Balaban J connectivity index is 2.20. The summed E-state index contributed by atoms with van der Waals surface area (Å²) in [6.45, 7) is 2.81. The van der Waals surface area contributed by atoms with Gasteiger partial charge in [0.2, 0.25) is 11.8 Å². The molecule has 0 spiro atoms. The Bertz CT molecular complexity index is 415. The first-order valence-electron chi connectivity index (χ1n) is 7.31. The number of rotatable bonds is 4. The van der Waals surface area contributed by atoms with Gasteiger partial charge in [0.25, 0.3) is 0 Å². The second-order valence-corrected chi connectivity index (χ2v) is 5.74. The van der Waals surface area contributed by atoms with Gasteiger partial charge in [-0.3, -0.25) is 14.4 Å². The number of carbonyl (C=O) groups excluding carboxylic acids is 2. The van der Waals surface area contributed by atoms with Crippen LogP contribution in [0.2, 0.25) is 0 Å². The van der Waals surface area contributed by atoms with E-state index in [2.05, 4.69) is 5.32 Å². The maximum absolute atomic E-state index is 12.8. The number of piperazine rings is 1. The molecule has 1 saturated carbocycles. The van der Waals surface area contributed by atoms with Crippen LogP contribution in [0.5, 0.6) is 0 Å². The van der Waals surface area contributed by atoms with E-state index >= 15 is 0 Å². The van der Waals surface area contributed by atoms with Crippen molar-refractivity contribution in [3.8, 4) is 0 Å². The predicted octanol–water partition coefficient (Wildman–Crippen LogP) is 0.758. The van der Waals surface area contributed by atoms with Crippen LogP contribution in [0.25, 0.3) is 0 Å². The molecule has 0 bridgehead atoms. The minimum absolute atomic E-state index is 0.0291. The van der Waals surface area contributed by atoms with Crippen molar-refractivity contribution in [2.75, 3.05) is 13.1 Å². The standard InChI is InChI=1S/C14H22N2O4/c1-2-14(5-3-4-6-14)13(20)16-8-7-15-12(19)10(16)9-11(17)18/h10H,2-9H2,1H3,(H,15,19)(H,17,18). The predicted molar refractivity (Wildman–Crippen MR) is 72.0 cm³/mol. The zero-order valence-electron chi connectivity index (χ0n) is 11.9. The minimum Gasteiger partial charge on any atom is -0.481 e. The number of aliphatic carboxylic acids is 1. The molecule has 1 aliphatic heterocycles. The van der Waals surface area contributed by atoms with Crippen molar-refractivity contribution in [3.63, 3.8) is 0 Å². The third kappa shape index (κ3) is 2.64. The number of nitrogens with one attached hydrogen (secondary N) is 1. The lowest BCUT2D eigenvalue weighted by Crippen LogP contribution is -2.60. The zero-order chi connectivity index (χ0) is 14.8. The highest BCUT2D eigenvalue weighted by Crippen LogP contribution is 2.43. The molecule has 1 unspecified atom stereocenters. The fraction of sp³-hybridized carbons (Fsp3) is 0.786. The molecule has 2 N–H and O–H groups in total. The van der Waals surface area contributed by atoms with E-state index in [9.17, 15) is 14.4 Å². The first-order valence-corrected chi connectivity index (χ1v) is 7.31. The van der Waals surface area contributed by atoms with Gasteiger partial charge in [-0.1, -0.05) is 19.8 Å². The molecule has 0 radical (unpaired) electrons. The van der Waals surface area contributed by atoms with Gasteiger partial charge in [0.1, 0.15) is 6.04 Å². The smallest absolute Gasteiger partial charge is 0.305 e. The molecule has 6 nitrogen and oxygen atoms in total. The average Bonchev–Trinajstić information content (AvgIpc) is 2.90. The van der Waals surface area contributed by atoms with Crippen LogP contribution in [0, 0.1) is 5.41 Å². The maximum atomic E-state index is 12.8. The van der Waals surface area contributed by atoms with Crippen molar-refractivity contribution in [1.82, 2.24) is 10.2 Å². The molecule has 0 aromatic rings. The molecule has 0 aromatic carbocycles. The number of nitrogens with zero attached hydrogens (tertiary/aromatic N) is 1. The molecule has 1 heterocycles. The van der Waals surface area contributed by atoms with Crippen LogP contribution in [0.1, 0.15) is 45.4 Å². The molecule has 1 atom stereocenters. The third-order valence-corrected chi connectivity index (χ3v) is 4.65. The Morgan fingerprint density at radius 1 is 1.40 bits per heavy atom. The summed E-state index contributed by atoms with van der Waals surface area (Å²) in [6.07, 6.45) is 4.19. The normalized spacial score (nSPS) is 25.4. The Hall–Kier alpha value is -1.59. The number of carboxylic acids is 1. The van der Waals surface area contributed by atoms with Crippen molar-refractivity contribution in [1.29, 1.82) is 0 Å². The maximum Gasteiger partial charge on any atom is 0.305 e. The van der Waals surface area contributed by atoms with Crippen LogP contribution < -0.4 is 5.32 Å². The lowest BCUT2D eigenvalue weighted by molar-refractivity contribution is -0.154. The number of hydrogen-bond donors (Lipinski definition) is 2. The number of carboxylic acid groups (broad SMARTS) is 1. The molecule has 2 amide bonds. The van der Waals surface area contributed by atoms with E-state index in [1.807, 2.05) is 6.92 Å². The molecule has 2 fully saturated rings. The van der Waals surface area contributed by atoms with Crippen LogP contribution in [-0.4, -0.2) is 46.9 Å². The number of carbonyl (C=O) groups is 3.